The first-order valence-electron chi connectivity index (χ1n) is 9.51. The highest BCUT2D eigenvalue weighted by atomic mass is 35.5. The van der Waals surface area contributed by atoms with Gasteiger partial charge in [-0.2, -0.15) is 5.10 Å². The van der Waals surface area contributed by atoms with Gasteiger partial charge in [-0.05, 0) is 36.2 Å². The zero-order chi connectivity index (χ0) is 23.1. The van der Waals surface area contributed by atoms with Crippen molar-refractivity contribution >= 4 is 29.4 Å². The zero-order valence-electron chi connectivity index (χ0n) is 17.4. The van der Waals surface area contributed by atoms with Crippen molar-refractivity contribution in [3.8, 4) is 11.5 Å². The number of nitro benzene ring substituents is 1. The molecule has 3 aromatic carbocycles. The third-order valence-electron chi connectivity index (χ3n) is 4.45. The number of nitrogens with zero attached hydrogens (tertiary/aromatic N) is 2. The summed E-state index contributed by atoms with van der Waals surface area (Å²) >= 11 is 6.37. The molecule has 8 nitrogen and oxygen atoms in total. The molecule has 32 heavy (non-hydrogen) atoms. The van der Waals surface area contributed by atoms with Crippen LogP contribution in [0.3, 0.4) is 0 Å². The summed E-state index contributed by atoms with van der Waals surface area (Å²) in [6.45, 7) is 2.33. The van der Waals surface area contributed by atoms with Gasteiger partial charge in [0.05, 0.1) is 23.3 Å². The minimum absolute atomic E-state index is 0.117. The van der Waals surface area contributed by atoms with Crippen LogP contribution >= 0.6 is 11.6 Å². The second-order valence-electron chi connectivity index (χ2n) is 6.81. The standard InChI is InChI=1S/C23H20ClN3O5/c1-15-6-8-16(9-7-15)14-32-22-20(24)10-17(11-21(22)31-2)13-25-26-23(28)18-4-3-5-19(12-18)27(29)30/h3-13H,14H2,1-2H3,(H,26,28)/b25-13+. The molecule has 0 aromatic heterocycles. The minimum atomic E-state index is -0.582. The highest BCUT2D eigenvalue weighted by Gasteiger charge is 2.13. The van der Waals surface area contributed by atoms with E-state index in [1.807, 2.05) is 31.2 Å². The van der Waals surface area contributed by atoms with Crippen molar-refractivity contribution in [3.05, 3.63) is 98.1 Å². The van der Waals surface area contributed by atoms with Gasteiger partial charge in [0, 0.05) is 17.7 Å². The Bertz CT molecular complexity index is 1160. The number of halogens is 1. The summed E-state index contributed by atoms with van der Waals surface area (Å²) in [7, 11) is 1.50. The Kier molecular flexibility index (Phi) is 7.41. The van der Waals surface area contributed by atoms with Crippen LogP contribution in [0, 0.1) is 17.0 Å². The Morgan fingerprint density at radius 3 is 2.62 bits per heavy atom. The second kappa shape index (κ2) is 10.4. The first kappa shape index (κ1) is 22.8. The Labute approximate surface area is 189 Å². The van der Waals surface area contributed by atoms with Gasteiger partial charge in [0.2, 0.25) is 0 Å². The number of carbonyl (C=O) groups is 1. The summed E-state index contributed by atoms with van der Waals surface area (Å²) in [5.74, 6) is 0.227. The number of carbonyl (C=O) groups excluding carboxylic acids is 1. The van der Waals surface area contributed by atoms with E-state index in [2.05, 4.69) is 10.5 Å². The van der Waals surface area contributed by atoms with Crippen molar-refractivity contribution in [3.63, 3.8) is 0 Å². The van der Waals surface area contributed by atoms with Gasteiger partial charge in [-0.3, -0.25) is 14.9 Å². The van der Waals surface area contributed by atoms with E-state index in [9.17, 15) is 14.9 Å². The average molecular weight is 454 g/mol. The van der Waals surface area contributed by atoms with Gasteiger partial charge >= 0.3 is 0 Å². The van der Waals surface area contributed by atoms with Gasteiger partial charge in [0.15, 0.2) is 11.5 Å². The molecular weight excluding hydrogens is 434 g/mol. The Morgan fingerprint density at radius 1 is 1.19 bits per heavy atom. The molecule has 3 rings (SSSR count). The fourth-order valence-corrected chi connectivity index (χ4v) is 3.06. The zero-order valence-corrected chi connectivity index (χ0v) is 18.1. The topological polar surface area (TPSA) is 103 Å². The first-order chi connectivity index (χ1) is 15.4. The van der Waals surface area contributed by atoms with E-state index in [1.54, 1.807) is 12.1 Å². The highest BCUT2D eigenvalue weighted by Crippen LogP contribution is 2.36. The molecule has 1 amide bonds. The van der Waals surface area contributed by atoms with Gasteiger partial charge < -0.3 is 9.47 Å². The molecule has 3 aromatic rings. The maximum atomic E-state index is 12.2. The largest absolute Gasteiger partial charge is 0.493 e. The van der Waals surface area contributed by atoms with E-state index in [0.717, 1.165) is 11.1 Å². The summed E-state index contributed by atoms with van der Waals surface area (Å²) in [5, 5.41) is 15.1. The van der Waals surface area contributed by atoms with E-state index < -0.39 is 10.8 Å². The number of rotatable bonds is 8. The SMILES string of the molecule is COc1cc(/C=N/NC(=O)c2cccc([N+](=O)[O-])c2)cc(Cl)c1OCc1ccc(C)cc1. The molecule has 0 bridgehead atoms. The fourth-order valence-electron chi connectivity index (χ4n) is 2.78. The smallest absolute Gasteiger partial charge is 0.271 e. The minimum Gasteiger partial charge on any atom is -0.493 e. The molecule has 0 fully saturated rings. The van der Waals surface area contributed by atoms with Gasteiger partial charge in [0.25, 0.3) is 11.6 Å². The maximum absolute atomic E-state index is 12.2. The van der Waals surface area contributed by atoms with Gasteiger partial charge in [0.1, 0.15) is 6.61 Å². The normalized spacial score (nSPS) is 10.7. The van der Waals surface area contributed by atoms with Crippen LogP contribution in [-0.2, 0) is 6.61 Å². The molecule has 0 saturated carbocycles. The number of methoxy groups -OCH3 is 1. The summed E-state index contributed by atoms with van der Waals surface area (Å²) < 4.78 is 11.2. The molecule has 0 spiro atoms. The molecule has 0 heterocycles. The van der Waals surface area contributed by atoms with Crippen LogP contribution in [0.2, 0.25) is 5.02 Å². The van der Waals surface area contributed by atoms with E-state index in [1.165, 1.54) is 37.6 Å². The van der Waals surface area contributed by atoms with Gasteiger partial charge in [-0.1, -0.05) is 47.5 Å². The maximum Gasteiger partial charge on any atom is 0.271 e. The molecular formula is C23H20ClN3O5. The molecule has 0 atom stereocenters. The van der Waals surface area contributed by atoms with Crippen LogP contribution in [0.5, 0.6) is 11.5 Å². The third-order valence-corrected chi connectivity index (χ3v) is 4.74. The van der Waals surface area contributed by atoms with Crippen molar-refractivity contribution in [2.24, 2.45) is 5.10 Å². The number of hydrazone groups is 1. The number of hydrogen-bond acceptors (Lipinski definition) is 6. The van der Waals surface area contributed by atoms with Crippen LogP contribution in [0.15, 0.2) is 65.8 Å². The number of nitrogens with one attached hydrogen (secondary N) is 1. The monoisotopic (exact) mass is 453 g/mol. The molecule has 0 saturated heterocycles. The fraction of sp³-hybridized carbons (Fsp3) is 0.130. The summed E-state index contributed by atoms with van der Waals surface area (Å²) in [5.41, 5.74) is 4.98. The summed E-state index contributed by atoms with van der Waals surface area (Å²) in [6.07, 6.45) is 1.38. The second-order valence-corrected chi connectivity index (χ2v) is 7.22. The van der Waals surface area contributed by atoms with Crippen molar-refractivity contribution in [2.45, 2.75) is 13.5 Å². The molecule has 0 radical (unpaired) electrons. The predicted molar refractivity (Wildman–Crippen MR) is 122 cm³/mol. The highest BCUT2D eigenvalue weighted by molar-refractivity contribution is 6.32. The van der Waals surface area contributed by atoms with Crippen LogP contribution < -0.4 is 14.9 Å². The molecule has 164 valence electrons. The number of ether oxygens (including phenoxy) is 2. The Morgan fingerprint density at radius 2 is 1.94 bits per heavy atom. The van der Waals surface area contributed by atoms with Crippen molar-refractivity contribution in [1.82, 2.24) is 5.43 Å². The predicted octanol–water partition coefficient (Wildman–Crippen LogP) is 4.91. The molecule has 1 N–H and O–H groups in total. The van der Waals surface area contributed by atoms with Crippen LogP contribution in [0.25, 0.3) is 0 Å². The van der Waals surface area contributed by atoms with Gasteiger partial charge in [-0.25, -0.2) is 5.43 Å². The first-order valence-corrected chi connectivity index (χ1v) is 9.89. The summed E-state index contributed by atoms with van der Waals surface area (Å²) in [4.78, 5) is 22.4. The number of aryl methyl sites for hydroxylation is 1. The number of hydrogen-bond donors (Lipinski definition) is 1. The van der Waals surface area contributed by atoms with Crippen molar-refractivity contribution < 1.29 is 19.2 Å². The Balaban J connectivity index is 1.69. The van der Waals surface area contributed by atoms with Crippen LogP contribution in [-0.4, -0.2) is 24.2 Å². The number of non-ortho nitro benzene ring substituents is 1. The van der Waals surface area contributed by atoms with Crippen LogP contribution in [0.4, 0.5) is 5.69 Å². The van der Waals surface area contributed by atoms with E-state index >= 15 is 0 Å². The van der Waals surface area contributed by atoms with Crippen LogP contribution in [0.1, 0.15) is 27.0 Å². The lowest BCUT2D eigenvalue weighted by Crippen LogP contribution is -2.17. The lowest BCUT2D eigenvalue weighted by atomic mass is 10.1. The van der Waals surface area contributed by atoms with E-state index in [0.29, 0.717) is 28.7 Å². The lowest BCUT2D eigenvalue weighted by molar-refractivity contribution is -0.384. The molecule has 0 unspecified atom stereocenters. The number of benzene rings is 3. The summed E-state index contributed by atoms with van der Waals surface area (Å²) in [6, 6.07) is 16.6. The quantitative estimate of drug-likeness (QED) is 0.296. The third kappa shape index (κ3) is 5.83. The molecule has 0 aliphatic carbocycles. The number of nitro groups is 1. The number of amides is 1. The molecule has 0 aliphatic heterocycles. The van der Waals surface area contributed by atoms with Crippen molar-refractivity contribution in [1.29, 1.82) is 0 Å². The molecule has 0 aliphatic rings. The average Bonchev–Trinajstić information content (AvgIpc) is 2.79. The van der Waals surface area contributed by atoms with E-state index in [-0.39, 0.29) is 11.3 Å². The molecule has 9 heteroatoms. The van der Waals surface area contributed by atoms with Crippen molar-refractivity contribution in [2.75, 3.05) is 7.11 Å². The van der Waals surface area contributed by atoms with E-state index in [4.69, 9.17) is 21.1 Å². The lowest BCUT2D eigenvalue weighted by Gasteiger charge is -2.13. The Hall–Kier alpha value is -3.91. The van der Waals surface area contributed by atoms with Gasteiger partial charge in [-0.15, -0.1) is 0 Å².